The smallest absolute Gasteiger partial charge is 0.152 e. The van der Waals surface area contributed by atoms with E-state index in [-0.39, 0.29) is 6.61 Å². The molecule has 5 heteroatoms. The van der Waals surface area contributed by atoms with E-state index < -0.39 is 0 Å². The van der Waals surface area contributed by atoms with E-state index in [2.05, 4.69) is 42.3 Å². The molecule has 0 fully saturated rings. The Bertz CT molecular complexity index is 577. The summed E-state index contributed by atoms with van der Waals surface area (Å²) in [4.78, 5) is 6.93. The molecule has 0 bridgehead atoms. The van der Waals surface area contributed by atoms with Gasteiger partial charge in [-0.05, 0) is 26.0 Å². The van der Waals surface area contributed by atoms with Crippen molar-refractivity contribution in [1.29, 1.82) is 0 Å². The van der Waals surface area contributed by atoms with Crippen LogP contribution in [-0.2, 0) is 6.54 Å². The van der Waals surface area contributed by atoms with Crippen LogP contribution in [0.4, 0.5) is 5.82 Å². The fraction of sp³-hybridized carbons (Fsp3) is 0.562. The zero-order valence-electron chi connectivity index (χ0n) is 13.4. The Hall–Kier alpha value is -1.59. The van der Waals surface area contributed by atoms with Crippen LogP contribution in [0.25, 0.3) is 5.65 Å². The molecule has 5 nitrogen and oxygen atoms in total. The monoisotopic (exact) mass is 290 g/mol. The van der Waals surface area contributed by atoms with Crippen LogP contribution in [0, 0.1) is 0 Å². The van der Waals surface area contributed by atoms with Crippen LogP contribution in [0.5, 0.6) is 0 Å². The lowest BCUT2D eigenvalue weighted by atomic mass is 10.2. The van der Waals surface area contributed by atoms with Crippen LogP contribution in [0.15, 0.2) is 24.4 Å². The average molecular weight is 290 g/mol. The Morgan fingerprint density at radius 3 is 2.67 bits per heavy atom. The molecule has 0 aromatic carbocycles. The minimum Gasteiger partial charge on any atom is -0.395 e. The third-order valence-electron chi connectivity index (χ3n) is 3.52. The van der Waals surface area contributed by atoms with Gasteiger partial charge >= 0.3 is 0 Å². The molecule has 0 saturated carbocycles. The van der Waals surface area contributed by atoms with Crippen molar-refractivity contribution in [3.05, 3.63) is 30.1 Å². The second kappa shape index (κ2) is 6.91. The summed E-state index contributed by atoms with van der Waals surface area (Å²) in [6, 6.07) is 6.73. The number of aliphatic hydroxyl groups is 1. The quantitative estimate of drug-likeness (QED) is 0.819. The van der Waals surface area contributed by atoms with Crippen LogP contribution >= 0.6 is 0 Å². The lowest BCUT2D eigenvalue weighted by Crippen LogP contribution is -2.35. The molecule has 0 aliphatic rings. The van der Waals surface area contributed by atoms with E-state index in [1.807, 2.05) is 24.4 Å². The van der Waals surface area contributed by atoms with Gasteiger partial charge in [0.25, 0.3) is 0 Å². The minimum atomic E-state index is 0.128. The maximum absolute atomic E-state index is 9.34. The van der Waals surface area contributed by atoms with Gasteiger partial charge < -0.3 is 19.7 Å². The highest BCUT2D eigenvalue weighted by atomic mass is 16.3. The number of aromatic nitrogens is 2. The molecule has 2 N–H and O–H groups in total. The second-order valence-electron chi connectivity index (χ2n) is 5.86. The van der Waals surface area contributed by atoms with Crippen molar-refractivity contribution >= 4 is 11.5 Å². The third kappa shape index (κ3) is 3.54. The molecular weight excluding hydrogens is 264 g/mol. The lowest BCUT2D eigenvalue weighted by Gasteiger charge is -2.27. The molecule has 116 valence electrons. The summed E-state index contributed by atoms with van der Waals surface area (Å²) < 4.78 is 2.12. The molecule has 0 radical (unpaired) electrons. The molecule has 0 unspecified atom stereocenters. The Labute approximate surface area is 126 Å². The fourth-order valence-electron chi connectivity index (χ4n) is 2.45. The van der Waals surface area contributed by atoms with Gasteiger partial charge in [0.05, 0.1) is 12.3 Å². The number of nitrogens with zero attached hydrogens (tertiary/aromatic N) is 3. The Morgan fingerprint density at radius 2 is 2.05 bits per heavy atom. The molecule has 0 saturated heterocycles. The summed E-state index contributed by atoms with van der Waals surface area (Å²) >= 11 is 0. The minimum absolute atomic E-state index is 0.128. The van der Waals surface area contributed by atoms with Crippen LogP contribution < -0.4 is 10.2 Å². The van der Waals surface area contributed by atoms with Crippen molar-refractivity contribution in [2.75, 3.05) is 18.1 Å². The maximum Gasteiger partial charge on any atom is 0.152 e. The van der Waals surface area contributed by atoms with Gasteiger partial charge in [0, 0.05) is 31.4 Å². The van der Waals surface area contributed by atoms with Gasteiger partial charge in [-0.2, -0.15) is 0 Å². The zero-order valence-corrected chi connectivity index (χ0v) is 13.4. The number of imidazole rings is 1. The first kappa shape index (κ1) is 15.8. The van der Waals surface area contributed by atoms with Crippen molar-refractivity contribution in [1.82, 2.24) is 14.7 Å². The van der Waals surface area contributed by atoms with E-state index >= 15 is 0 Å². The SMILES string of the molecule is CC(C)NCc1c(N(CCO)C(C)C)nc2ccccn12. The molecule has 0 aliphatic carbocycles. The molecule has 21 heavy (non-hydrogen) atoms. The second-order valence-corrected chi connectivity index (χ2v) is 5.86. The van der Waals surface area contributed by atoms with Gasteiger partial charge in [0.2, 0.25) is 0 Å². The molecule has 2 aromatic heterocycles. The molecule has 0 aliphatic heterocycles. The Balaban J connectivity index is 2.46. The van der Waals surface area contributed by atoms with Crippen molar-refractivity contribution in [3.8, 4) is 0 Å². The first-order valence-electron chi connectivity index (χ1n) is 7.61. The molecule has 2 rings (SSSR count). The van der Waals surface area contributed by atoms with Crippen molar-refractivity contribution in [3.63, 3.8) is 0 Å². The number of pyridine rings is 1. The summed E-state index contributed by atoms with van der Waals surface area (Å²) in [7, 11) is 0. The van der Waals surface area contributed by atoms with E-state index in [9.17, 15) is 5.11 Å². The van der Waals surface area contributed by atoms with E-state index in [1.54, 1.807) is 0 Å². The molecule has 2 heterocycles. The molecule has 0 atom stereocenters. The van der Waals surface area contributed by atoms with Crippen LogP contribution in [0.2, 0.25) is 0 Å². The zero-order chi connectivity index (χ0) is 15.4. The number of fused-ring (bicyclic) bond motifs is 1. The Morgan fingerprint density at radius 1 is 1.29 bits per heavy atom. The predicted molar refractivity (Wildman–Crippen MR) is 86.7 cm³/mol. The van der Waals surface area contributed by atoms with Crippen molar-refractivity contribution in [2.24, 2.45) is 0 Å². The average Bonchev–Trinajstić information content (AvgIpc) is 2.80. The van der Waals surface area contributed by atoms with Gasteiger partial charge in [-0.3, -0.25) is 0 Å². The van der Waals surface area contributed by atoms with Gasteiger partial charge in [0.1, 0.15) is 5.65 Å². The highest BCUT2D eigenvalue weighted by molar-refractivity contribution is 5.56. The highest BCUT2D eigenvalue weighted by Crippen LogP contribution is 2.23. The summed E-state index contributed by atoms with van der Waals surface area (Å²) in [6.07, 6.45) is 2.04. The molecule has 0 spiro atoms. The largest absolute Gasteiger partial charge is 0.395 e. The topological polar surface area (TPSA) is 52.8 Å². The van der Waals surface area contributed by atoms with Crippen LogP contribution in [0.3, 0.4) is 0 Å². The molecule has 2 aromatic rings. The summed E-state index contributed by atoms with van der Waals surface area (Å²) in [5.41, 5.74) is 2.08. The summed E-state index contributed by atoms with van der Waals surface area (Å²) in [5, 5.41) is 12.8. The molecular formula is C16H26N4O. The highest BCUT2D eigenvalue weighted by Gasteiger charge is 2.20. The fourth-order valence-corrected chi connectivity index (χ4v) is 2.45. The summed E-state index contributed by atoms with van der Waals surface area (Å²) in [5.74, 6) is 0.957. The van der Waals surface area contributed by atoms with Gasteiger partial charge in [-0.1, -0.05) is 19.9 Å². The number of aliphatic hydroxyl groups excluding tert-OH is 1. The van der Waals surface area contributed by atoms with Crippen LogP contribution in [0.1, 0.15) is 33.4 Å². The van der Waals surface area contributed by atoms with Gasteiger partial charge in [-0.15, -0.1) is 0 Å². The summed E-state index contributed by atoms with van der Waals surface area (Å²) in [6.45, 7) is 10.00. The number of hydrogen-bond donors (Lipinski definition) is 2. The number of nitrogens with one attached hydrogen (secondary N) is 1. The first-order valence-corrected chi connectivity index (χ1v) is 7.61. The number of hydrogen-bond acceptors (Lipinski definition) is 4. The van der Waals surface area contributed by atoms with Gasteiger partial charge in [-0.25, -0.2) is 4.98 Å². The number of anilines is 1. The standard InChI is InChI=1S/C16H26N4O/c1-12(2)17-11-14-16(19(9-10-21)13(3)4)18-15-7-5-6-8-20(14)15/h5-8,12-13,17,21H,9-11H2,1-4H3. The van der Waals surface area contributed by atoms with Crippen LogP contribution in [-0.4, -0.2) is 39.7 Å². The van der Waals surface area contributed by atoms with E-state index in [0.29, 0.717) is 18.6 Å². The van der Waals surface area contributed by atoms with Crippen molar-refractivity contribution < 1.29 is 5.11 Å². The van der Waals surface area contributed by atoms with Gasteiger partial charge in [0.15, 0.2) is 5.82 Å². The third-order valence-corrected chi connectivity index (χ3v) is 3.52. The number of rotatable bonds is 7. The van der Waals surface area contributed by atoms with E-state index in [4.69, 9.17) is 4.98 Å². The van der Waals surface area contributed by atoms with E-state index in [0.717, 1.165) is 23.7 Å². The van der Waals surface area contributed by atoms with E-state index in [1.165, 1.54) is 0 Å². The normalized spacial score (nSPS) is 11.8. The lowest BCUT2D eigenvalue weighted by molar-refractivity contribution is 0.298. The maximum atomic E-state index is 9.34. The molecule has 0 amide bonds. The predicted octanol–water partition coefficient (Wildman–Crippen LogP) is 2.04. The first-order chi connectivity index (χ1) is 10.0. The Kier molecular flexibility index (Phi) is 5.20. The van der Waals surface area contributed by atoms with Crippen molar-refractivity contribution in [2.45, 2.75) is 46.3 Å².